The highest BCUT2D eigenvalue weighted by Gasteiger charge is 2.26. The maximum atomic E-state index is 12.2. The van der Waals surface area contributed by atoms with E-state index < -0.39 is 5.54 Å². The Morgan fingerprint density at radius 2 is 1.91 bits per heavy atom. The zero-order valence-corrected chi connectivity index (χ0v) is 16.3. The molecule has 0 aliphatic carbocycles. The first kappa shape index (κ1) is 22.1. The molecule has 0 spiro atoms. The molecule has 0 aliphatic heterocycles. The fraction of sp³-hybridized carbons (Fsp3) is 0.647. The monoisotopic (exact) mass is 360 g/mol. The SMILES string of the molecule is Cc1cc(C(=O)CCC(=O)NC(C)(CN)CC(C)C)c(C)s1.Cl. The summed E-state index contributed by atoms with van der Waals surface area (Å²) in [4.78, 5) is 26.5. The predicted molar refractivity (Wildman–Crippen MR) is 99.7 cm³/mol. The number of rotatable bonds is 8. The maximum Gasteiger partial charge on any atom is 0.220 e. The molecule has 0 aliphatic rings. The summed E-state index contributed by atoms with van der Waals surface area (Å²) in [6.07, 6.45) is 1.28. The van der Waals surface area contributed by atoms with E-state index in [-0.39, 0.29) is 36.9 Å². The third-order valence-corrected chi connectivity index (χ3v) is 4.64. The molecule has 4 nitrogen and oxygen atoms in total. The minimum absolute atomic E-state index is 0. The molecule has 0 bridgehead atoms. The largest absolute Gasteiger partial charge is 0.350 e. The van der Waals surface area contributed by atoms with E-state index in [9.17, 15) is 9.59 Å². The summed E-state index contributed by atoms with van der Waals surface area (Å²) < 4.78 is 0. The highest BCUT2D eigenvalue weighted by Crippen LogP contribution is 2.22. The minimum Gasteiger partial charge on any atom is -0.350 e. The number of nitrogens with one attached hydrogen (secondary N) is 1. The van der Waals surface area contributed by atoms with Crippen molar-refractivity contribution in [3.8, 4) is 0 Å². The van der Waals surface area contributed by atoms with Gasteiger partial charge in [0.1, 0.15) is 0 Å². The van der Waals surface area contributed by atoms with Gasteiger partial charge in [-0.3, -0.25) is 9.59 Å². The van der Waals surface area contributed by atoms with Crippen molar-refractivity contribution < 1.29 is 9.59 Å². The Bertz CT molecular complexity index is 543. The normalized spacial score (nSPS) is 13.3. The Hall–Kier alpha value is -0.910. The quantitative estimate of drug-likeness (QED) is 0.695. The number of hydrogen-bond acceptors (Lipinski definition) is 4. The topological polar surface area (TPSA) is 72.2 Å². The number of ketones is 1. The lowest BCUT2D eigenvalue weighted by atomic mass is 9.90. The van der Waals surface area contributed by atoms with E-state index in [0.29, 0.717) is 12.5 Å². The number of thiophene rings is 1. The van der Waals surface area contributed by atoms with Crippen LogP contribution in [0.5, 0.6) is 0 Å². The summed E-state index contributed by atoms with van der Waals surface area (Å²) in [5.74, 6) is 0.383. The van der Waals surface area contributed by atoms with E-state index in [1.54, 1.807) is 11.3 Å². The molecule has 1 unspecified atom stereocenters. The maximum absolute atomic E-state index is 12.2. The van der Waals surface area contributed by atoms with Crippen LogP contribution in [0.3, 0.4) is 0 Å². The predicted octanol–water partition coefficient (Wildman–Crippen LogP) is 3.63. The van der Waals surface area contributed by atoms with Crippen molar-refractivity contribution >= 4 is 35.4 Å². The van der Waals surface area contributed by atoms with E-state index in [1.807, 2.05) is 26.8 Å². The van der Waals surface area contributed by atoms with Gasteiger partial charge in [-0.05, 0) is 39.2 Å². The van der Waals surface area contributed by atoms with Crippen molar-refractivity contribution in [1.29, 1.82) is 0 Å². The van der Waals surface area contributed by atoms with Gasteiger partial charge in [0.25, 0.3) is 0 Å². The third kappa shape index (κ3) is 7.02. The van der Waals surface area contributed by atoms with Crippen LogP contribution in [-0.2, 0) is 4.79 Å². The minimum atomic E-state index is -0.400. The van der Waals surface area contributed by atoms with Gasteiger partial charge >= 0.3 is 0 Å². The number of carbonyl (C=O) groups is 2. The Morgan fingerprint density at radius 1 is 1.30 bits per heavy atom. The van der Waals surface area contributed by atoms with E-state index in [2.05, 4.69) is 19.2 Å². The van der Waals surface area contributed by atoms with Crippen molar-refractivity contribution in [2.45, 2.75) is 59.4 Å². The molecule has 1 amide bonds. The molecule has 1 aromatic heterocycles. The zero-order valence-electron chi connectivity index (χ0n) is 14.7. The van der Waals surface area contributed by atoms with Crippen molar-refractivity contribution in [3.05, 3.63) is 21.4 Å². The molecule has 1 rings (SSSR count). The Labute approximate surface area is 149 Å². The van der Waals surface area contributed by atoms with Crippen LogP contribution in [-0.4, -0.2) is 23.8 Å². The summed E-state index contributed by atoms with van der Waals surface area (Å²) in [6, 6.07) is 1.91. The third-order valence-electron chi connectivity index (χ3n) is 3.67. The fourth-order valence-electron chi connectivity index (χ4n) is 2.75. The summed E-state index contributed by atoms with van der Waals surface area (Å²) >= 11 is 1.61. The van der Waals surface area contributed by atoms with Gasteiger partial charge in [-0.15, -0.1) is 23.7 Å². The molecular weight excluding hydrogens is 332 g/mol. The second-order valence-corrected chi connectivity index (χ2v) is 8.12. The van der Waals surface area contributed by atoms with Crippen LogP contribution in [0.4, 0.5) is 0 Å². The lowest BCUT2D eigenvalue weighted by molar-refractivity contribution is -0.122. The van der Waals surface area contributed by atoms with Crippen LogP contribution < -0.4 is 11.1 Å². The number of aryl methyl sites for hydroxylation is 2. The average Bonchev–Trinajstić information content (AvgIpc) is 2.74. The van der Waals surface area contributed by atoms with Gasteiger partial charge in [-0.1, -0.05) is 13.8 Å². The first-order valence-electron chi connectivity index (χ1n) is 7.78. The molecular formula is C17H29ClN2O2S. The van der Waals surface area contributed by atoms with Crippen molar-refractivity contribution in [2.75, 3.05) is 6.54 Å². The summed E-state index contributed by atoms with van der Waals surface area (Å²) in [7, 11) is 0. The molecule has 0 radical (unpaired) electrons. The number of hydrogen-bond donors (Lipinski definition) is 2. The first-order valence-corrected chi connectivity index (χ1v) is 8.60. The van der Waals surface area contributed by atoms with Gasteiger partial charge in [0.2, 0.25) is 5.91 Å². The molecule has 1 aromatic rings. The summed E-state index contributed by atoms with van der Waals surface area (Å²) in [6.45, 7) is 10.5. The smallest absolute Gasteiger partial charge is 0.220 e. The zero-order chi connectivity index (χ0) is 16.9. The molecule has 3 N–H and O–H groups in total. The second-order valence-electron chi connectivity index (χ2n) is 6.66. The molecule has 0 fully saturated rings. The second kappa shape index (κ2) is 9.40. The van der Waals surface area contributed by atoms with Crippen molar-refractivity contribution in [1.82, 2.24) is 5.32 Å². The number of halogens is 1. The standard InChI is InChI=1S/C17H28N2O2S.ClH/c1-11(2)9-17(5,10-18)19-16(21)7-6-15(20)14-8-12(3)22-13(14)4;/h8,11H,6-7,9-10,18H2,1-5H3,(H,19,21);1H. The Balaban J connectivity index is 0.00000484. The van der Waals surface area contributed by atoms with E-state index >= 15 is 0 Å². The Morgan fingerprint density at radius 3 is 2.35 bits per heavy atom. The molecule has 132 valence electrons. The van der Waals surface area contributed by atoms with Gasteiger partial charge in [0.15, 0.2) is 5.78 Å². The van der Waals surface area contributed by atoms with Gasteiger partial charge in [0, 0.05) is 40.2 Å². The fourth-order valence-corrected chi connectivity index (χ4v) is 3.70. The van der Waals surface area contributed by atoms with Crippen LogP contribution in [0.15, 0.2) is 6.07 Å². The highest BCUT2D eigenvalue weighted by molar-refractivity contribution is 7.12. The number of nitrogens with two attached hydrogens (primary N) is 1. The average molecular weight is 361 g/mol. The van der Waals surface area contributed by atoms with Gasteiger partial charge in [-0.2, -0.15) is 0 Å². The lowest BCUT2D eigenvalue weighted by Crippen LogP contribution is -2.52. The van der Waals surface area contributed by atoms with E-state index in [1.165, 1.54) is 0 Å². The molecule has 0 saturated heterocycles. The molecule has 0 saturated carbocycles. The van der Waals surface area contributed by atoms with E-state index in [4.69, 9.17) is 5.73 Å². The van der Waals surface area contributed by atoms with Crippen LogP contribution in [0, 0.1) is 19.8 Å². The molecule has 6 heteroatoms. The first-order chi connectivity index (χ1) is 10.2. The highest BCUT2D eigenvalue weighted by atomic mass is 35.5. The molecule has 1 heterocycles. The van der Waals surface area contributed by atoms with Gasteiger partial charge in [-0.25, -0.2) is 0 Å². The Kier molecular flexibility index (Phi) is 9.03. The molecule has 1 atom stereocenters. The van der Waals surface area contributed by atoms with Gasteiger partial charge in [0.05, 0.1) is 0 Å². The number of carbonyl (C=O) groups excluding carboxylic acids is 2. The number of amides is 1. The van der Waals surface area contributed by atoms with E-state index in [0.717, 1.165) is 21.7 Å². The summed E-state index contributed by atoms with van der Waals surface area (Å²) in [5, 5.41) is 2.99. The van der Waals surface area contributed by atoms with Crippen molar-refractivity contribution in [3.63, 3.8) is 0 Å². The van der Waals surface area contributed by atoms with Crippen LogP contribution in [0.2, 0.25) is 0 Å². The van der Waals surface area contributed by atoms with Crippen molar-refractivity contribution in [2.24, 2.45) is 11.7 Å². The molecule has 23 heavy (non-hydrogen) atoms. The lowest BCUT2D eigenvalue weighted by Gasteiger charge is -2.31. The van der Waals surface area contributed by atoms with Gasteiger partial charge < -0.3 is 11.1 Å². The molecule has 0 aromatic carbocycles. The summed E-state index contributed by atoms with van der Waals surface area (Å²) in [5.41, 5.74) is 6.14. The van der Waals surface area contributed by atoms with Crippen LogP contribution in [0.1, 0.15) is 60.1 Å². The van der Waals surface area contributed by atoms with Crippen LogP contribution >= 0.6 is 23.7 Å². The number of Topliss-reactive ketones (excluding diaryl/α,β-unsaturated/α-hetero) is 1. The van der Waals surface area contributed by atoms with Crippen LogP contribution in [0.25, 0.3) is 0 Å².